The molecule has 5 rings (SSSR count). The number of nitrogens with two attached hydrogens (primary N) is 1. The van der Waals surface area contributed by atoms with Crippen LogP contribution in [0.4, 0.5) is 19.7 Å². The van der Waals surface area contributed by atoms with E-state index in [0.717, 1.165) is 0 Å². The van der Waals surface area contributed by atoms with E-state index in [1.54, 1.807) is 30.3 Å². The first-order chi connectivity index (χ1) is 15.8. The Hall–Kier alpha value is -3.63. The molecule has 170 valence electrons. The largest absolute Gasteiger partial charge is 0.365 e. The lowest BCUT2D eigenvalue weighted by Crippen LogP contribution is -2.50. The van der Waals surface area contributed by atoms with Crippen LogP contribution in [0, 0.1) is 5.82 Å². The van der Waals surface area contributed by atoms with Crippen molar-refractivity contribution in [2.45, 2.75) is 24.8 Å². The standard InChI is InChI=1S/C22H19ClFN5O4/c23-13-6-3-4-11(17(13)24)8-26-20(30)18-19-16(33-19)10-29(18)22(32)27-14-9-28(21(25)31)15-7-2-1-5-12(14)15/h1-7,9,16,18-19H,8,10H2,(H2,25,31)(H,26,30)(H,27,32)/t16-,18-,19?/m0/s1. The molecule has 4 N–H and O–H groups in total. The third kappa shape index (κ3) is 3.77. The van der Waals surface area contributed by atoms with Crippen LogP contribution in [-0.2, 0) is 16.1 Å². The van der Waals surface area contributed by atoms with Crippen LogP contribution in [-0.4, -0.2) is 52.2 Å². The minimum absolute atomic E-state index is 0.0377. The van der Waals surface area contributed by atoms with Crippen molar-refractivity contribution < 1.29 is 23.5 Å². The lowest BCUT2D eigenvalue weighted by atomic mass is 10.1. The first-order valence-electron chi connectivity index (χ1n) is 10.2. The minimum atomic E-state index is -0.873. The Labute approximate surface area is 192 Å². The van der Waals surface area contributed by atoms with Crippen LogP contribution in [0.15, 0.2) is 48.7 Å². The maximum Gasteiger partial charge on any atom is 0.323 e. The maximum atomic E-state index is 14.1. The number of aromatic nitrogens is 1. The highest BCUT2D eigenvalue weighted by Gasteiger charge is 2.59. The Morgan fingerprint density at radius 1 is 1.18 bits per heavy atom. The SMILES string of the molecule is NC(=O)n1cc(NC(=O)N2C[C@@H]3OC3[C@H]2C(=O)NCc2cccc(Cl)c2F)c2ccccc21. The van der Waals surface area contributed by atoms with Crippen molar-refractivity contribution >= 4 is 46.2 Å². The summed E-state index contributed by atoms with van der Waals surface area (Å²) in [5.41, 5.74) is 6.60. The van der Waals surface area contributed by atoms with Crippen molar-refractivity contribution in [2.75, 3.05) is 11.9 Å². The number of hydrogen-bond donors (Lipinski definition) is 3. The second-order valence-corrected chi connectivity index (χ2v) is 8.27. The maximum absolute atomic E-state index is 14.1. The number of carbonyl (C=O) groups excluding carboxylic acids is 3. The summed E-state index contributed by atoms with van der Waals surface area (Å²) in [6.45, 7) is 0.148. The molecule has 2 aromatic carbocycles. The molecular weight excluding hydrogens is 453 g/mol. The van der Waals surface area contributed by atoms with Crippen molar-refractivity contribution in [1.29, 1.82) is 0 Å². The number of fused-ring (bicyclic) bond motifs is 2. The van der Waals surface area contributed by atoms with Crippen molar-refractivity contribution in [1.82, 2.24) is 14.8 Å². The van der Waals surface area contributed by atoms with Gasteiger partial charge in [0.15, 0.2) is 0 Å². The van der Waals surface area contributed by atoms with Gasteiger partial charge in [-0.2, -0.15) is 0 Å². The number of ether oxygens (including phenoxy) is 1. The highest BCUT2D eigenvalue weighted by molar-refractivity contribution is 6.30. The number of likely N-dealkylation sites (tertiary alicyclic amines) is 1. The molecule has 33 heavy (non-hydrogen) atoms. The Morgan fingerprint density at radius 3 is 2.76 bits per heavy atom. The number of morpholine rings is 1. The molecule has 1 unspecified atom stereocenters. The highest BCUT2D eigenvalue weighted by Crippen LogP contribution is 2.37. The fraction of sp³-hybridized carbons (Fsp3) is 0.227. The average Bonchev–Trinajstić information content (AvgIpc) is 3.30. The zero-order valence-corrected chi connectivity index (χ0v) is 17.9. The van der Waals surface area contributed by atoms with E-state index < -0.39 is 35.9 Å². The van der Waals surface area contributed by atoms with Crippen LogP contribution >= 0.6 is 11.6 Å². The monoisotopic (exact) mass is 471 g/mol. The van der Waals surface area contributed by atoms with Crippen LogP contribution in [0.25, 0.3) is 10.9 Å². The number of carbonyl (C=O) groups is 3. The molecule has 0 saturated carbocycles. The summed E-state index contributed by atoms with van der Waals surface area (Å²) in [4.78, 5) is 39.1. The second kappa shape index (κ2) is 8.05. The van der Waals surface area contributed by atoms with Crippen molar-refractivity contribution in [3.8, 4) is 0 Å². The molecule has 1 aromatic heterocycles. The summed E-state index contributed by atoms with van der Waals surface area (Å²) in [5, 5.41) is 6.01. The number of anilines is 1. The summed E-state index contributed by atoms with van der Waals surface area (Å²) < 4.78 is 20.8. The fourth-order valence-electron chi connectivity index (χ4n) is 4.19. The van der Waals surface area contributed by atoms with Crippen LogP contribution in [0.5, 0.6) is 0 Å². The number of primary amides is 1. The third-order valence-electron chi connectivity index (χ3n) is 5.85. The Balaban J connectivity index is 1.32. The molecule has 2 aliphatic rings. The summed E-state index contributed by atoms with van der Waals surface area (Å²) in [6, 6.07) is 9.43. The van der Waals surface area contributed by atoms with Gasteiger partial charge in [0.05, 0.1) is 22.8 Å². The van der Waals surface area contributed by atoms with Crippen LogP contribution in [0.2, 0.25) is 5.02 Å². The van der Waals surface area contributed by atoms with E-state index in [1.165, 1.54) is 27.8 Å². The predicted octanol–water partition coefficient (Wildman–Crippen LogP) is 2.66. The van der Waals surface area contributed by atoms with Gasteiger partial charge in [-0.15, -0.1) is 0 Å². The number of benzene rings is 2. The Morgan fingerprint density at radius 2 is 1.97 bits per heavy atom. The average molecular weight is 472 g/mol. The molecule has 11 heteroatoms. The smallest absolute Gasteiger partial charge is 0.323 e. The molecule has 2 aliphatic heterocycles. The first kappa shape index (κ1) is 21.2. The van der Waals surface area contributed by atoms with Crippen molar-refractivity contribution in [2.24, 2.45) is 5.73 Å². The van der Waals surface area contributed by atoms with Gasteiger partial charge >= 0.3 is 12.1 Å². The van der Waals surface area contributed by atoms with Gasteiger partial charge in [-0.1, -0.05) is 41.9 Å². The molecule has 0 radical (unpaired) electrons. The van der Waals surface area contributed by atoms with Gasteiger partial charge in [-0.25, -0.2) is 14.0 Å². The molecule has 3 heterocycles. The Bertz CT molecular complexity index is 1300. The molecule has 2 fully saturated rings. The van der Waals surface area contributed by atoms with Crippen LogP contribution < -0.4 is 16.4 Å². The van der Waals surface area contributed by atoms with E-state index in [1.807, 2.05) is 0 Å². The van der Waals surface area contributed by atoms with E-state index in [2.05, 4.69) is 10.6 Å². The van der Waals surface area contributed by atoms with E-state index in [0.29, 0.717) is 16.6 Å². The van der Waals surface area contributed by atoms with Crippen LogP contribution in [0.3, 0.4) is 0 Å². The number of amides is 4. The topological polar surface area (TPSA) is 122 Å². The molecule has 0 aliphatic carbocycles. The van der Waals surface area contributed by atoms with E-state index in [-0.39, 0.29) is 29.8 Å². The number of epoxide rings is 1. The number of urea groups is 1. The number of nitrogens with one attached hydrogen (secondary N) is 2. The summed E-state index contributed by atoms with van der Waals surface area (Å²) >= 11 is 5.79. The van der Waals surface area contributed by atoms with Crippen molar-refractivity contribution in [3.05, 3.63) is 65.1 Å². The Kier molecular flexibility index (Phi) is 5.18. The number of para-hydroxylation sites is 1. The summed E-state index contributed by atoms with van der Waals surface area (Å²) in [6.07, 6.45) is 0.781. The number of hydrogen-bond acceptors (Lipinski definition) is 4. The fourth-order valence-corrected chi connectivity index (χ4v) is 4.38. The van der Waals surface area contributed by atoms with E-state index in [9.17, 15) is 18.8 Å². The molecule has 3 atom stereocenters. The molecule has 0 bridgehead atoms. The van der Waals surface area contributed by atoms with Crippen LogP contribution in [0.1, 0.15) is 5.56 Å². The third-order valence-corrected chi connectivity index (χ3v) is 6.14. The van der Waals surface area contributed by atoms with Crippen molar-refractivity contribution in [3.63, 3.8) is 0 Å². The molecule has 3 aromatic rings. The second-order valence-electron chi connectivity index (χ2n) is 7.87. The minimum Gasteiger partial charge on any atom is -0.365 e. The van der Waals surface area contributed by atoms with Gasteiger partial charge in [-0.3, -0.25) is 9.36 Å². The normalized spacial score (nSPS) is 21.0. The summed E-state index contributed by atoms with van der Waals surface area (Å²) in [5.74, 6) is -1.07. The lowest BCUT2D eigenvalue weighted by molar-refractivity contribution is -0.126. The molecule has 4 amide bonds. The van der Waals surface area contributed by atoms with E-state index >= 15 is 0 Å². The number of nitrogens with zero attached hydrogens (tertiary/aromatic N) is 2. The molecule has 0 spiro atoms. The van der Waals surface area contributed by atoms with Gasteiger partial charge < -0.3 is 26.0 Å². The quantitative estimate of drug-likeness (QED) is 0.506. The van der Waals surface area contributed by atoms with Gasteiger partial charge in [0.1, 0.15) is 24.1 Å². The van der Waals surface area contributed by atoms with E-state index in [4.69, 9.17) is 22.1 Å². The number of halogens is 2. The molecular formula is C22H19ClFN5O4. The summed E-state index contributed by atoms with van der Waals surface area (Å²) in [7, 11) is 0. The van der Waals surface area contributed by atoms with Gasteiger partial charge in [0.2, 0.25) is 5.91 Å². The lowest BCUT2D eigenvalue weighted by Gasteiger charge is -2.26. The highest BCUT2D eigenvalue weighted by atomic mass is 35.5. The zero-order valence-electron chi connectivity index (χ0n) is 17.1. The molecule has 9 nitrogen and oxygen atoms in total. The van der Waals surface area contributed by atoms with Gasteiger partial charge in [0, 0.05) is 23.7 Å². The van der Waals surface area contributed by atoms with Gasteiger partial charge in [-0.05, 0) is 12.1 Å². The molecule has 2 saturated heterocycles. The zero-order chi connectivity index (χ0) is 23.3. The number of rotatable bonds is 4. The predicted molar refractivity (Wildman–Crippen MR) is 118 cm³/mol. The first-order valence-corrected chi connectivity index (χ1v) is 10.6. The van der Waals surface area contributed by atoms with Gasteiger partial charge in [0.25, 0.3) is 0 Å².